The highest BCUT2D eigenvalue weighted by molar-refractivity contribution is 7.89. The molecule has 0 aliphatic carbocycles. The van der Waals surface area contributed by atoms with Crippen molar-refractivity contribution in [2.24, 2.45) is 5.92 Å². The van der Waals surface area contributed by atoms with Crippen molar-refractivity contribution < 1.29 is 17.6 Å². The predicted molar refractivity (Wildman–Crippen MR) is 87.6 cm³/mol. The monoisotopic (exact) mass is 342 g/mol. The zero-order valence-corrected chi connectivity index (χ0v) is 14.7. The van der Waals surface area contributed by atoms with E-state index in [1.54, 1.807) is 6.92 Å². The largest absolute Gasteiger partial charge is 0.465 e. The minimum absolute atomic E-state index is 0.0840. The van der Waals surface area contributed by atoms with Gasteiger partial charge in [0, 0.05) is 26.2 Å². The Morgan fingerprint density at radius 1 is 1.39 bits per heavy atom. The second-order valence-corrected chi connectivity index (χ2v) is 8.74. The van der Waals surface area contributed by atoms with Gasteiger partial charge in [0.2, 0.25) is 10.0 Å². The maximum atomic E-state index is 11.5. The summed E-state index contributed by atoms with van der Waals surface area (Å²) < 4.78 is 37.3. The summed E-state index contributed by atoms with van der Waals surface area (Å²) in [4.78, 5) is 2.33. The molecule has 0 unspecified atom stereocenters. The van der Waals surface area contributed by atoms with E-state index < -0.39 is 10.0 Å². The number of hydrogen-bond donors (Lipinski definition) is 1. The van der Waals surface area contributed by atoms with Gasteiger partial charge in [-0.05, 0) is 44.7 Å². The lowest BCUT2D eigenvalue weighted by molar-refractivity contribution is -0.138. The van der Waals surface area contributed by atoms with E-state index in [0.29, 0.717) is 12.5 Å². The van der Waals surface area contributed by atoms with Gasteiger partial charge in [-0.3, -0.25) is 4.90 Å². The Morgan fingerprint density at radius 3 is 2.83 bits per heavy atom. The number of sulfonamides is 1. The van der Waals surface area contributed by atoms with Crippen molar-refractivity contribution in [2.45, 2.75) is 38.8 Å². The first kappa shape index (κ1) is 17.0. The first-order chi connectivity index (χ1) is 10.9. The molecule has 1 spiro atoms. The second-order valence-electron chi connectivity index (χ2n) is 6.64. The molecule has 1 N–H and O–H groups in total. The summed E-state index contributed by atoms with van der Waals surface area (Å²) in [6.45, 7) is 7.50. The quantitative estimate of drug-likeness (QED) is 0.813. The van der Waals surface area contributed by atoms with Gasteiger partial charge >= 0.3 is 0 Å². The van der Waals surface area contributed by atoms with Crippen molar-refractivity contribution >= 4 is 10.0 Å². The molecule has 0 amide bonds. The zero-order chi connectivity index (χ0) is 16.5. The lowest BCUT2D eigenvalue weighted by Crippen LogP contribution is -2.64. The van der Waals surface area contributed by atoms with Gasteiger partial charge in [0.15, 0.2) is 0 Å². The minimum Gasteiger partial charge on any atom is -0.465 e. The summed E-state index contributed by atoms with van der Waals surface area (Å²) in [6.07, 6.45) is 1.86. The molecule has 1 aromatic rings. The topological polar surface area (TPSA) is 71.8 Å². The Balaban J connectivity index is 1.48. The Kier molecular flexibility index (Phi) is 4.83. The van der Waals surface area contributed by atoms with Gasteiger partial charge in [0.1, 0.15) is 11.5 Å². The fraction of sp³-hybridized carbons (Fsp3) is 0.750. The van der Waals surface area contributed by atoms with Crippen molar-refractivity contribution in [1.82, 2.24) is 9.62 Å². The smallest absolute Gasteiger partial charge is 0.211 e. The molecule has 1 aromatic heterocycles. The van der Waals surface area contributed by atoms with Gasteiger partial charge < -0.3 is 9.15 Å². The molecule has 7 heteroatoms. The molecule has 3 heterocycles. The molecule has 2 saturated heterocycles. The lowest BCUT2D eigenvalue weighted by atomic mass is 9.79. The van der Waals surface area contributed by atoms with Crippen LogP contribution in [0.15, 0.2) is 16.5 Å². The van der Waals surface area contributed by atoms with Gasteiger partial charge in [-0.1, -0.05) is 0 Å². The van der Waals surface area contributed by atoms with Crippen LogP contribution in [-0.2, 0) is 21.3 Å². The van der Waals surface area contributed by atoms with Crippen molar-refractivity contribution in [3.05, 3.63) is 23.7 Å². The van der Waals surface area contributed by atoms with E-state index in [0.717, 1.165) is 50.6 Å². The van der Waals surface area contributed by atoms with Crippen LogP contribution in [0.1, 0.15) is 31.3 Å². The summed E-state index contributed by atoms with van der Waals surface area (Å²) in [7, 11) is -3.10. The van der Waals surface area contributed by atoms with Crippen LogP contribution >= 0.6 is 0 Å². The van der Waals surface area contributed by atoms with Crippen LogP contribution in [0.25, 0.3) is 0 Å². The van der Waals surface area contributed by atoms with Crippen molar-refractivity contribution in [3.63, 3.8) is 0 Å². The highest BCUT2D eigenvalue weighted by Gasteiger charge is 2.52. The molecule has 0 aromatic carbocycles. The van der Waals surface area contributed by atoms with Crippen molar-refractivity contribution in [2.75, 3.05) is 32.0 Å². The van der Waals surface area contributed by atoms with Gasteiger partial charge in [-0.25, -0.2) is 13.1 Å². The maximum Gasteiger partial charge on any atom is 0.211 e. The lowest BCUT2D eigenvalue weighted by Gasteiger charge is -2.50. The molecular formula is C16H26N2O4S. The molecule has 130 valence electrons. The number of hydrogen-bond acceptors (Lipinski definition) is 5. The Bertz CT molecular complexity index is 634. The number of aryl methyl sites for hydroxylation is 1. The summed E-state index contributed by atoms with van der Waals surface area (Å²) in [6, 6.07) is 4.01. The van der Waals surface area contributed by atoms with Crippen LogP contribution in [0.4, 0.5) is 0 Å². The number of nitrogens with zero attached hydrogens (tertiary/aromatic N) is 1. The summed E-state index contributed by atoms with van der Waals surface area (Å²) in [5, 5.41) is 0. The fourth-order valence-electron chi connectivity index (χ4n) is 3.65. The third-order valence-corrected chi connectivity index (χ3v) is 6.36. The first-order valence-electron chi connectivity index (χ1n) is 8.31. The molecule has 0 radical (unpaired) electrons. The number of likely N-dealkylation sites (tertiary alicyclic amines) is 1. The van der Waals surface area contributed by atoms with Crippen LogP contribution in [0, 0.1) is 12.8 Å². The fourth-order valence-corrected chi connectivity index (χ4v) is 4.28. The van der Waals surface area contributed by atoms with E-state index in [2.05, 4.69) is 9.62 Å². The summed E-state index contributed by atoms with van der Waals surface area (Å²) in [5.74, 6) is 2.49. The summed E-state index contributed by atoms with van der Waals surface area (Å²) >= 11 is 0. The Morgan fingerprint density at radius 2 is 2.17 bits per heavy atom. The molecular weight excluding hydrogens is 316 g/mol. The summed E-state index contributed by atoms with van der Waals surface area (Å²) in [5.41, 5.74) is -0.0840. The van der Waals surface area contributed by atoms with Crippen molar-refractivity contribution in [1.29, 1.82) is 0 Å². The van der Waals surface area contributed by atoms with E-state index >= 15 is 0 Å². The standard InChI is InChI=1S/C16H26N2O4S/c1-3-23(19,20)17-8-6-14-7-9-21-16(14)11-18(12-16)10-15-5-4-13(2)22-15/h4-5,14,17H,3,6-12H2,1-2H3/t14-/m0/s1. The van der Waals surface area contributed by atoms with E-state index in [4.69, 9.17) is 9.15 Å². The number of furan rings is 1. The molecule has 0 saturated carbocycles. The molecule has 2 aliphatic heterocycles. The predicted octanol–water partition coefficient (Wildman–Crippen LogP) is 1.51. The van der Waals surface area contributed by atoms with Crippen LogP contribution in [0.2, 0.25) is 0 Å². The average Bonchev–Trinajstić information content (AvgIpc) is 3.06. The third kappa shape index (κ3) is 3.79. The van der Waals surface area contributed by atoms with E-state index in [1.807, 2.05) is 19.1 Å². The van der Waals surface area contributed by atoms with Crippen LogP contribution in [0.3, 0.4) is 0 Å². The average molecular weight is 342 g/mol. The van der Waals surface area contributed by atoms with E-state index in [1.165, 1.54) is 0 Å². The van der Waals surface area contributed by atoms with E-state index in [-0.39, 0.29) is 11.4 Å². The second kappa shape index (κ2) is 6.55. The number of nitrogens with one attached hydrogen (secondary N) is 1. The molecule has 6 nitrogen and oxygen atoms in total. The normalized spacial score (nSPS) is 24.2. The van der Waals surface area contributed by atoms with Crippen LogP contribution < -0.4 is 4.72 Å². The number of ether oxygens (including phenoxy) is 1. The van der Waals surface area contributed by atoms with Crippen LogP contribution in [-0.4, -0.2) is 50.9 Å². The molecule has 2 fully saturated rings. The SMILES string of the molecule is CCS(=O)(=O)NCC[C@H]1CCOC12CN(Cc1ccc(C)o1)C2. The Hall–Kier alpha value is -0.890. The van der Waals surface area contributed by atoms with Crippen LogP contribution in [0.5, 0.6) is 0 Å². The van der Waals surface area contributed by atoms with Gasteiger partial charge in [-0.2, -0.15) is 0 Å². The van der Waals surface area contributed by atoms with Crippen molar-refractivity contribution in [3.8, 4) is 0 Å². The van der Waals surface area contributed by atoms with Gasteiger partial charge in [-0.15, -0.1) is 0 Å². The van der Waals surface area contributed by atoms with E-state index in [9.17, 15) is 8.42 Å². The third-order valence-electron chi connectivity index (χ3n) is 4.95. The molecule has 1 atom stereocenters. The highest BCUT2D eigenvalue weighted by atomic mass is 32.2. The van der Waals surface area contributed by atoms with Gasteiger partial charge in [0.05, 0.1) is 17.9 Å². The zero-order valence-electron chi connectivity index (χ0n) is 13.9. The maximum absolute atomic E-state index is 11.5. The molecule has 0 bridgehead atoms. The minimum atomic E-state index is -3.10. The number of rotatable bonds is 7. The molecule has 2 aliphatic rings. The molecule has 23 heavy (non-hydrogen) atoms. The highest BCUT2D eigenvalue weighted by Crippen LogP contribution is 2.42. The first-order valence-corrected chi connectivity index (χ1v) is 9.97. The molecule has 3 rings (SSSR count). The van der Waals surface area contributed by atoms with Gasteiger partial charge in [0.25, 0.3) is 0 Å². The Labute approximate surface area is 138 Å².